The van der Waals surface area contributed by atoms with E-state index in [9.17, 15) is 5.11 Å². The summed E-state index contributed by atoms with van der Waals surface area (Å²) in [5.41, 5.74) is 0.935. The molecule has 2 nitrogen and oxygen atoms in total. The molecular weight excluding hydrogens is 234 g/mol. The van der Waals surface area contributed by atoms with E-state index in [1.807, 2.05) is 24.3 Å². The van der Waals surface area contributed by atoms with Crippen LogP contribution in [0.15, 0.2) is 24.3 Å². The summed E-state index contributed by atoms with van der Waals surface area (Å²) in [6, 6.07) is 7.42. The molecule has 3 heteroatoms. The Morgan fingerprint density at radius 1 is 1.24 bits per heavy atom. The van der Waals surface area contributed by atoms with E-state index in [0.717, 1.165) is 18.7 Å². The van der Waals surface area contributed by atoms with Crippen molar-refractivity contribution in [1.29, 1.82) is 0 Å². The lowest BCUT2D eigenvalue weighted by Gasteiger charge is -2.23. The normalized spacial score (nSPS) is 13.0. The Labute approximate surface area is 109 Å². The van der Waals surface area contributed by atoms with Crippen LogP contribution in [-0.4, -0.2) is 29.6 Å². The molecule has 0 amide bonds. The molecule has 0 saturated carbocycles. The average molecular weight is 256 g/mol. The van der Waals surface area contributed by atoms with Crippen LogP contribution in [0, 0.1) is 0 Å². The summed E-state index contributed by atoms with van der Waals surface area (Å²) in [6.45, 7) is 7.04. The third-order valence-electron chi connectivity index (χ3n) is 2.96. The standard InChI is InChI=1S/C14H22ClNO/c1-3-5-10-16(4-2)11-14(17)12-6-8-13(15)9-7-12/h6-9,14,17H,3-5,10-11H2,1-2H3. The third-order valence-corrected chi connectivity index (χ3v) is 3.21. The lowest BCUT2D eigenvalue weighted by atomic mass is 10.1. The first-order chi connectivity index (χ1) is 8.17. The van der Waals surface area contributed by atoms with Gasteiger partial charge in [0.1, 0.15) is 0 Å². The summed E-state index contributed by atoms with van der Waals surface area (Å²) in [5.74, 6) is 0. The summed E-state index contributed by atoms with van der Waals surface area (Å²) in [4.78, 5) is 2.28. The lowest BCUT2D eigenvalue weighted by Crippen LogP contribution is -2.29. The fourth-order valence-corrected chi connectivity index (χ4v) is 1.92. The van der Waals surface area contributed by atoms with Gasteiger partial charge in [-0.2, -0.15) is 0 Å². The minimum Gasteiger partial charge on any atom is -0.387 e. The molecule has 0 aromatic heterocycles. The van der Waals surface area contributed by atoms with Crippen molar-refractivity contribution in [3.8, 4) is 0 Å². The molecule has 0 aliphatic heterocycles. The van der Waals surface area contributed by atoms with Crippen LogP contribution in [0.5, 0.6) is 0 Å². The Morgan fingerprint density at radius 2 is 1.88 bits per heavy atom. The van der Waals surface area contributed by atoms with Gasteiger partial charge in [0.25, 0.3) is 0 Å². The highest BCUT2D eigenvalue weighted by Crippen LogP contribution is 2.17. The first-order valence-electron chi connectivity index (χ1n) is 6.33. The molecule has 96 valence electrons. The Bertz CT molecular complexity index is 313. The zero-order chi connectivity index (χ0) is 12.7. The van der Waals surface area contributed by atoms with Gasteiger partial charge in [0.05, 0.1) is 6.10 Å². The topological polar surface area (TPSA) is 23.5 Å². The molecule has 0 aliphatic rings. The summed E-state index contributed by atoms with van der Waals surface area (Å²) in [6.07, 6.45) is 1.94. The van der Waals surface area contributed by atoms with Crippen molar-refractivity contribution >= 4 is 11.6 Å². The number of unbranched alkanes of at least 4 members (excludes halogenated alkanes) is 1. The van der Waals surface area contributed by atoms with Gasteiger partial charge in [-0.3, -0.25) is 0 Å². The van der Waals surface area contributed by atoms with Crippen LogP contribution >= 0.6 is 11.6 Å². The van der Waals surface area contributed by atoms with Gasteiger partial charge in [-0.1, -0.05) is 44.0 Å². The highest BCUT2D eigenvalue weighted by atomic mass is 35.5. The van der Waals surface area contributed by atoms with E-state index < -0.39 is 6.10 Å². The molecule has 1 unspecified atom stereocenters. The molecule has 0 aliphatic carbocycles. The number of hydrogen-bond donors (Lipinski definition) is 1. The van der Waals surface area contributed by atoms with E-state index in [1.54, 1.807) is 0 Å². The van der Waals surface area contributed by atoms with E-state index in [-0.39, 0.29) is 0 Å². The monoisotopic (exact) mass is 255 g/mol. The van der Waals surface area contributed by atoms with Crippen molar-refractivity contribution in [2.45, 2.75) is 32.8 Å². The molecule has 1 rings (SSSR count). The van der Waals surface area contributed by atoms with E-state index in [0.29, 0.717) is 11.6 Å². The van der Waals surface area contributed by atoms with Crippen LogP contribution in [0.1, 0.15) is 38.4 Å². The number of aliphatic hydroxyl groups is 1. The fraction of sp³-hybridized carbons (Fsp3) is 0.571. The molecule has 0 heterocycles. The SMILES string of the molecule is CCCCN(CC)CC(O)c1ccc(Cl)cc1. The Balaban J connectivity index is 2.51. The van der Waals surface area contributed by atoms with Gasteiger partial charge in [-0.15, -0.1) is 0 Å². The zero-order valence-electron chi connectivity index (χ0n) is 10.7. The van der Waals surface area contributed by atoms with E-state index >= 15 is 0 Å². The average Bonchev–Trinajstić information content (AvgIpc) is 2.35. The molecule has 0 spiro atoms. The van der Waals surface area contributed by atoms with Gasteiger partial charge in [0.15, 0.2) is 0 Å². The van der Waals surface area contributed by atoms with Gasteiger partial charge < -0.3 is 10.0 Å². The lowest BCUT2D eigenvalue weighted by molar-refractivity contribution is 0.115. The van der Waals surface area contributed by atoms with Crippen molar-refractivity contribution in [3.05, 3.63) is 34.9 Å². The van der Waals surface area contributed by atoms with Crippen molar-refractivity contribution in [1.82, 2.24) is 4.90 Å². The van der Waals surface area contributed by atoms with Gasteiger partial charge in [-0.25, -0.2) is 0 Å². The molecule has 0 saturated heterocycles. The highest BCUT2D eigenvalue weighted by molar-refractivity contribution is 6.30. The first kappa shape index (κ1) is 14.5. The first-order valence-corrected chi connectivity index (χ1v) is 6.71. The molecule has 1 N–H and O–H groups in total. The number of nitrogens with zero attached hydrogens (tertiary/aromatic N) is 1. The van der Waals surface area contributed by atoms with Crippen molar-refractivity contribution in [3.63, 3.8) is 0 Å². The number of likely N-dealkylation sites (N-methyl/N-ethyl adjacent to an activating group) is 1. The number of hydrogen-bond acceptors (Lipinski definition) is 2. The molecule has 1 aromatic carbocycles. The van der Waals surface area contributed by atoms with E-state index in [2.05, 4.69) is 18.7 Å². The quantitative estimate of drug-likeness (QED) is 0.806. The van der Waals surface area contributed by atoms with Crippen molar-refractivity contribution in [2.24, 2.45) is 0 Å². The number of rotatable bonds is 7. The molecule has 0 radical (unpaired) electrons. The maximum Gasteiger partial charge on any atom is 0.0916 e. The third kappa shape index (κ3) is 5.07. The van der Waals surface area contributed by atoms with Crippen LogP contribution in [-0.2, 0) is 0 Å². The van der Waals surface area contributed by atoms with Gasteiger partial charge in [0, 0.05) is 11.6 Å². The Kier molecular flexibility index (Phi) is 6.56. The van der Waals surface area contributed by atoms with Gasteiger partial charge in [-0.05, 0) is 37.2 Å². The minimum absolute atomic E-state index is 0.427. The largest absolute Gasteiger partial charge is 0.387 e. The van der Waals surface area contributed by atoms with E-state index in [4.69, 9.17) is 11.6 Å². The summed E-state index contributed by atoms with van der Waals surface area (Å²) in [7, 11) is 0. The number of aliphatic hydroxyl groups excluding tert-OH is 1. The fourth-order valence-electron chi connectivity index (χ4n) is 1.80. The summed E-state index contributed by atoms with van der Waals surface area (Å²) < 4.78 is 0. The second-order valence-electron chi connectivity index (χ2n) is 4.31. The minimum atomic E-state index is -0.427. The molecule has 1 atom stereocenters. The highest BCUT2D eigenvalue weighted by Gasteiger charge is 2.11. The Hall–Kier alpha value is -0.570. The molecular formula is C14H22ClNO. The van der Waals surface area contributed by atoms with Crippen molar-refractivity contribution in [2.75, 3.05) is 19.6 Å². The van der Waals surface area contributed by atoms with E-state index in [1.165, 1.54) is 12.8 Å². The molecule has 1 aromatic rings. The second kappa shape index (κ2) is 7.70. The number of benzene rings is 1. The maximum absolute atomic E-state index is 10.1. The number of halogens is 1. The molecule has 0 bridgehead atoms. The predicted octanol–water partition coefficient (Wildman–Crippen LogP) is 3.50. The van der Waals surface area contributed by atoms with Crippen LogP contribution < -0.4 is 0 Å². The van der Waals surface area contributed by atoms with Crippen molar-refractivity contribution < 1.29 is 5.11 Å². The molecule has 17 heavy (non-hydrogen) atoms. The smallest absolute Gasteiger partial charge is 0.0916 e. The summed E-state index contributed by atoms with van der Waals surface area (Å²) >= 11 is 5.83. The Morgan fingerprint density at radius 3 is 2.41 bits per heavy atom. The van der Waals surface area contributed by atoms with Crippen LogP contribution in [0.2, 0.25) is 5.02 Å². The predicted molar refractivity (Wildman–Crippen MR) is 73.4 cm³/mol. The summed E-state index contributed by atoms with van der Waals surface area (Å²) in [5, 5.41) is 10.8. The van der Waals surface area contributed by atoms with Gasteiger partial charge >= 0.3 is 0 Å². The van der Waals surface area contributed by atoms with Crippen LogP contribution in [0.25, 0.3) is 0 Å². The second-order valence-corrected chi connectivity index (χ2v) is 4.75. The molecule has 0 fully saturated rings. The van der Waals surface area contributed by atoms with Crippen LogP contribution in [0.4, 0.5) is 0 Å². The van der Waals surface area contributed by atoms with Gasteiger partial charge in [0.2, 0.25) is 0 Å². The zero-order valence-corrected chi connectivity index (χ0v) is 11.5. The van der Waals surface area contributed by atoms with Crippen LogP contribution in [0.3, 0.4) is 0 Å². The maximum atomic E-state index is 10.1.